The number of carbonyl (C=O) groups excluding carboxylic acids is 1. The Balaban J connectivity index is 2.50. The van der Waals surface area contributed by atoms with E-state index in [4.69, 9.17) is 10.3 Å². The zero-order chi connectivity index (χ0) is 16.2. The van der Waals surface area contributed by atoms with Crippen LogP contribution in [0.4, 0.5) is 0 Å². The highest BCUT2D eigenvalue weighted by Crippen LogP contribution is 2.38. The van der Waals surface area contributed by atoms with Crippen molar-refractivity contribution in [2.45, 2.75) is 45.4 Å². The molecule has 1 aliphatic rings. The summed E-state index contributed by atoms with van der Waals surface area (Å²) in [6.07, 6.45) is 4.87. The first-order valence-corrected chi connectivity index (χ1v) is 7.56. The quantitative estimate of drug-likeness (QED) is 0.269. The number of nitrogens with zero attached hydrogens (tertiary/aromatic N) is 3. The van der Waals surface area contributed by atoms with Gasteiger partial charge in [0.05, 0.1) is 6.61 Å². The molecule has 1 aliphatic carbocycles. The van der Waals surface area contributed by atoms with E-state index in [1.807, 2.05) is 12.1 Å². The standard InChI is InChI=1S/C17H21N3O2/c1-4-22-16(21)15(19-20-18)11-12-7-5-9-14-13(12)8-6-10-17(14,2)3/h5,7,9,11H,4,6,8,10H2,1-3H3/b15-11-. The third kappa shape index (κ3) is 3.31. The van der Waals surface area contributed by atoms with Gasteiger partial charge in [-0.15, -0.1) is 0 Å². The third-order valence-electron chi connectivity index (χ3n) is 4.10. The third-order valence-corrected chi connectivity index (χ3v) is 4.10. The first kappa shape index (κ1) is 16.1. The van der Waals surface area contributed by atoms with Crippen LogP contribution in [0.25, 0.3) is 16.5 Å². The van der Waals surface area contributed by atoms with Crippen molar-refractivity contribution >= 4 is 12.0 Å². The Kier molecular flexibility index (Phi) is 4.88. The smallest absolute Gasteiger partial charge is 0.340 e. The minimum absolute atomic E-state index is 0.00105. The second-order valence-electron chi connectivity index (χ2n) is 6.05. The van der Waals surface area contributed by atoms with Crippen molar-refractivity contribution in [1.29, 1.82) is 0 Å². The van der Waals surface area contributed by atoms with Gasteiger partial charge in [0.15, 0.2) is 0 Å². The van der Waals surface area contributed by atoms with E-state index in [0.717, 1.165) is 24.8 Å². The van der Waals surface area contributed by atoms with Crippen LogP contribution < -0.4 is 0 Å². The van der Waals surface area contributed by atoms with E-state index >= 15 is 0 Å². The molecule has 0 unspecified atom stereocenters. The number of esters is 1. The number of azide groups is 1. The van der Waals surface area contributed by atoms with Crippen molar-refractivity contribution in [3.8, 4) is 0 Å². The number of fused-ring (bicyclic) bond motifs is 1. The minimum atomic E-state index is -0.590. The maximum absolute atomic E-state index is 11.9. The van der Waals surface area contributed by atoms with Crippen LogP contribution in [-0.2, 0) is 21.4 Å². The maximum atomic E-state index is 11.9. The van der Waals surface area contributed by atoms with Gasteiger partial charge in [-0.3, -0.25) is 0 Å². The molecule has 0 spiro atoms. The molecule has 0 aliphatic heterocycles. The molecule has 0 radical (unpaired) electrons. The van der Waals surface area contributed by atoms with E-state index in [1.165, 1.54) is 11.1 Å². The summed E-state index contributed by atoms with van der Waals surface area (Å²) in [6.45, 7) is 6.44. The van der Waals surface area contributed by atoms with Crippen molar-refractivity contribution in [2.75, 3.05) is 6.61 Å². The molecule has 116 valence electrons. The molecular weight excluding hydrogens is 278 g/mol. The molecule has 5 nitrogen and oxygen atoms in total. The SMILES string of the molecule is CCOC(=O)/C(=C/c1cccc2c1CCCC2(C)C)N=[N+]=[N-]. The lowest BCUT2D eigenvalue weighted by Crippen LogP contribution is -2.24. The second-order valence-corrected chi connectivity index (χ2v) is 6.05. The number of hydrogen-bond acceptors (Lipinski definition) is 3. The molecule has 0 saturated carbocycles. The second kappa shape index (κ2) is 6.67. The monoisotopic (exact) mass is 299 g/mol. The van der Waals surface area contributed by atoms with Crippen LogP contribution in [-0.4, -0.2) is 12.6 Å². The van der Waals surface area contributed by atoms with Gasteiger partial charge in [-0.2, -0.15) is 0 Å². The molecule has 0 saturated heterocycles. The molecule has 1 aromatic rings. The first-order valence-electron chi connectivity index (χ1n) is 7.56. The van der Waals surface area contributed by atoms with Crippen LogP contribution >= 0.6 is 0 Å². The van der Waals surface area contributed by atoms with Gasteiger partial charge in [-0.25, -0.2) is 4.79 Å². The predicted molar refractivity (Wildman–Crippen MR) is 86.2 cm³/mol. The van der Waals surface area contributed by atoms with Crippen LogP contribution in [0, 0.1) is 0 Å². The van der Waals surface area contributed by atoms with Gasteiger partial charge >= 0.3 is 5.97 Å². The van der Waals surface area contributed by atoms with Crippen LogP contribution in [0.15, 0.2) is 29.0 Å². The van der Waals surface area contributed by atoms with E-state index in [-0.39, 0.29) is 17.7 Å². The average molecular weight is 299 g/mol. The topological polar surface area (TPSA) is 75.1 Å². The van der Waals surface area contributed by atoms with Crippen molar-refractivity contribution in [1.82, 2.24) is 0 Å². The number of rotatable bonds is 4. The zero-order valence-electron chi connectivity index (χ0n) is 13.3. The molecule has 2 rings (SSSR count). The lowest BCUT2D eigenvalue weighted by molar-refractivity contribution is -0.138. The molecule has 0 N–H and O–H groups in total. The van der Waals surface area contributed by atoms with Gasteiger partial charge in [-0.05, 0) is 59.9 Å². The summed E-state index contributed by atoms with van der Waals surface area (Å²) >= 11 is 0. The minimum Gasteiger partial charge on any atom is -0.462 e. The number of carbonyl (C=O) groups is 1. The van der Waals surface area contributed by atoms with E-state index in [9.17, 15) is 4.79 Å². The molecule has 5 heteroatoms. The fraction of sp³-hybridized carbons (Fsp3) is 0.471. The molecule has 1 aromatic carbocycles. The normalized spacial score (nSPS) is 16.4. The van der Waals surface area contributed by atoms with Crippen LogP contribution in [0.5, 0.6) is 0 Å². The van der Waals surface area contributed by atoms with Gasteiger partial charge in [0.2, 0.25) is 0 Å². The van der Waals surface area contributed by atoms with Gasteiger partial charge in [0, 0.05) is 4.91 Å². The van der Waals surface area contributed by atoms with Gasteiger partial charge < -0.3 is 4.74 Å². The van der Waals surface area contributed by atoms with Crippen molar-refractivity contribution < 1.29 is 9.53 Å². The Morgan fingerprint density at radius 2 is 2.27 bits per heavy atom. The fourth-order valence-corrected chi connectivity index (χ4v) is 3.02. The number of ether oxygens (including phenoxy) is 1. The van der Waals surface area contributed by atoms with Crippen molar-refractivity contribution in [3.63, 3.8) is 0 Å². The van der Waals surface area contributed by atoms with Crippen LogP contribution in [0.2, 0.25) is 0 Å². The largest absolute Gasteiger partial charge is 0.462 e. The summed E-state index contributed by atoms with van der Waals surface area (Å²) in [4.78, 5) is 14.6. The zero-order valence-corrected chi connectivity index (χ0v) is 13.3. The summed E-state index contributed by atoms with van der Waals surface area (Å²) < 4.78 is 4.94. The Morgan fingerprint density at radius 1 is 1.50 bits per heavy atom. The highest BCUT2D eigenvalue weighted by molar-refractivity contribution is 5.93. The lowest BCUT2D eigenvalue weighted by Gasteiger charge is -2.33. The molecule has 0 heterocycles. The number of hydrogen-bond donors (Lipinski definition) is 0. The highest BCUT2D eigenvalue weighted by atomic mass is 16.5. The molecule has 0 amide bonds. The Hall–Kier alpha value is -2.26. The highest BCUT2D eigenvalue weighted by Gasteiger charge is 2.28. The van der Waals surface area contributed by atoms with Gasteiger partial charge in [0.1, 0.15) is 5.70 Å². The van der Waals surface area contributed by atoms with Crippen molar-refractivity contribution in [2.24, 2.45) is 5.11 Å². The summed E-state index contributed by atoms with van der Waals surface area (Å²) in [6, 6.07) is 6.08. The molecule has 22 heavy (non-hydrogen) atoms. The van der Waals surface area contributed by atoms with Gasteiger partial charge in [-0.1, -0.05) is 37.2 Å². The Bertz CT molecular complexity index is 656. The van der Waals surface area contributed by atoms with Crippen LogP contribution in [0.3, 0.4) is 0 Å². The average Bonchev–Trinajstić information content (AvgIpc) is 2.47. The van der Waals surface area contributed by atoms with E-state index in [1.54, 1.807) is 13.0 Å². The summed E-state index contributed by atoms with van der Waals surface area (Å²) in [7, 11) is 0. The maximum Gasteiger partial charge on any atom is 0.340 e. The molecule has 0 aromatic heterocycles. The molecule has 0 atom stereocenters. The molecule has 0 bridgehead atoms. The Labute approximate surface area is 130 Å². The van der Waals surface area contributed by atoms with E-state index in [0.29, 0.717) is 0 Å². The molecule has 0 fully saturated rings. The van der Waals surface area contributed by atoms with E-state index in [2.05, 4.69) is 29.9 Å². The predicted octanol–water partition coefficient (Wildman–Crippen LogP) is 4.51. The van der Waals surface area contributed by atoms with E-state index < -0.39 is 5.97 Å². The lowest BCUT2D eigenvalue weighted by atomic mass is 9.71. The fourth-order valence-electron chi connectivity index (χ4n) is 3.02. The summed E-state index contributed by atoms with van der Waals surface area (Å²) in [5, 5.41) is 3.49. The first-order chi connectivity index (χ1) is 10.5. The summed E-state index contributed by atoms with van der Waals surface area (Å²) in [5.41, 5.74) is 12.3. The Morgan fingerprint density at radius 3 is 2.95 bits per heavy atom. The van der Waals surface area contributed by atoms with Gasteiger partial charge in [0.25, 0.3) is 0 Å². The van der Waals surface area contributed by atoms with Crippen LogP contribution in [0.1, 0.15) is 50.3 Å². The summed E-state index contributed by atoms with van der Waals surface area (Å²) in [5.74, 6) is -0.590. The van der Waals surface area contributed by atoms with Crippen molar-refractivity contribution in [3.05, 3.63) is 51.0 Å². The number of benzene rings is 1. The molecular formula is C17H21N3O2.